The van der Waals surface area contributed by atoms with Crippen LogP contribution < -0.4 is 5.32 Å². The molecule has 2 aromatic rings. The summed E-state index contributed by atoms with van der Waals surface area (Å²) in [5, 5.41) is 4.96. The Hall–Kier alpha value is -1.83. The number of amides is 2. The number of benzene rings is 1. The summed E-state index contributed by atoms with van der Waals surface area (Å²) in [6.45, 7) is 4.69. The number of carbonyl (C=O) groups is 2. The van der Waals surface area contributed by atoms with Crippen LogP contribution in [0.1, 0.15) is 28.1 Å². The van der Waals surface area contributed by atoms with Crippen molar-refractivity contribution in [1.29, 1.82) is 0 Å². The third kappa shape index (κ3) is 5.65. The van der Waals surface area contributed by atoms with Gasteiger partial charge < -0.3 is 15.1 Å². The number of rotatable bonds is 6. The Bertz CT molecular complexity index is 833. The lowest BCUT2D eigenvalue weighted by Gasteiger charge is -2.31. The first kappa shape index (κ1) is 21.4. The molecular weight excluding hydrogens is 414 g/mol. The van der Waals surface area contributed by atoms with Gasteiger partial charge in [0.15, 0.2) is 0 Å². The number of likely N-dealkylation sites (tertiary alicyclic amines) is 1. The predicted octanol–water partition coefficient (Wildman–Crippen LogP) is 3.83. The third-order valence-corrected chi connectivity index (χ3v) is 7.65. The van der Waals surface area contributed by atoms with Crippen LogP contribution in [0.4, 0.5) is 5.69 Å². The highest BCUT2D eigenvalue weighted by Crippen LogP contribution is 2.22. The lowest BCUT2D eigenvalue weighted by Crippen LogP contribution is -2.43. The quantitative estimate of drug-likeness (QED) is 0.737. The summed E-state index contributed by atoms with van der Waals surface area (Å²) in [4.78, 5) is 30.5. The monoisotopic (exact) mass is 443 g/mol. The van der Waals surface area contributed by atoms with E-state index in [9.17, 15) is 9.59 Å². The van der Waals surface area contributed by atoms with Crippen LogP contribution in [0.2, 0.25) is 0 Å². The molecule has 5 nitrogen and oxygen atoms in total. The van der Waals surface area contributed by atoms with Gasteiger partial charge in [-0.15, -0.1) is 11.3 Å². The Kier molecular flexibility index (Phi) is 7.47. The molecule has 2 amide bonds. The van der Waals surface area contributed by atoms with Crippen LogP contribution >= 0.6 is 23.1 Å². The maximum absolute atomic E-state index is 12.8. The van der Waals surface area contributed by atoms with Crippen LogP contribution in [0.15, 0.2) is 41.8 Å². The Morgan fingerprint density at radius 2 is 1.87 bits per heavy atom. The van der Waals surface area contributed by atoms with Crippen LogP contribution in [0.25, 0.3) is 0 Å². The summed E-state index contributed by atoms with van der Waals surface area (Å²) >= 11 is 3.49. The molecule has 2 fully saturated rings. The van der Waals surface area contributed by atoms with Gasteiger partial charge in [0.1, 0.15) is 0 Å². The van der Waals surface area contributed by atoms with Gasteiger partial charge in [0, 0.05) is 49.9 Å². The van der Waals surface area contributed by atoms with Crippen molar-refractivity contribution in [3.63, 3.8) is 0 Å². The standard InChI is InChI=1S/C23H29N3O2S2/c27-22(19-3-1-10-26(17-19)23(28)21-4-2-14-30-21)24-20-7-5-18(6-8-20)9-11-25-12-15-29-16-13-25/h2,4-8,14,19H,1,3,9-13,15-17H2,(H,24,27). The van der Waals surface area contributed by atoms with Crippen molar-refractivity contribution in [2.24, 2.45) is 5.92 Å². The molecule has 0 bridgehead atoms. The fraction of sp³-hybridized carbons (Fsp3) is 0.478. The molecule has 7 heteroatoms. The van der Waals surface area contributed by atoms with Crippen molar-refractivity contribution < 1.29 is 9.59 Å². The van der Waals surface area contributed by atoms with E-state index in [-0.39, 0.29) is 17.7 Å². The molecule has 2 aliphatic heterocycles. The molecule has 0 saturated carbocycles. The van der Waals surface area contributed by atoms with E-state index in [2.05, 4.69) is 22.3 Å². The number of carbonyl (C=O) groups excluding carboxylic acids is 2. The largest absolute Gasteiger partial charge is 0.337 e. The topological polar surface area (TPSA) is 52.7 Å². The number of hydrogen-bond donors (Lipinski definition) is 1. The second-order valence-electron chi connectivity index (χ2n) is 7.96. The van der Waals surface area contributed by atoms with Crippen LogP contribution in [0, 0.1) is 5.92 Å². The van der Waals surface area contributed by atoms with Crippen LogP contribution in [-0.2, 0) is 11.2 Å². The maximum atomic E-state index is 12.8. The summed E-state index contributed by atoms with van der Waals surface area (Å²) < 4.78 is 0. The Labute approximate surface area is 186 Å². The summed E-state index contributed by atoms with van der Waals surface area (Å²) in [6.07, 6.45) is 2.73. The van der Waals surface area contributed by atoms with Gasteiger partial charge in [-0.25, -0.2) is 0 Å². The van der Waals surface area contributed by atoms with Crippen LogP contribution in [-0.4, -0.2) is 65.8 Å². The second-order valence-corrected chi connectivity index (χ2v) is 10.1. The predicted molar refractivity (Wildman–Crippen MR) is 125 cm³/mol. The van der Waals surface area contributed by atoms with E-state index >= 15 is 0 Å². The zero-order valence-electron chi connectivity index (χ0n) is 17.2. The molecule has 0 aliphatic carbocycles. The molecule has 1 aromatic heterocycles. The van der Waals surface area contributed by atoms with Gasteiger partial charge in [-0.2, -0.15) is 11.8 Å². The highest BCUT2D eigenvalue weighted by molar-refractivity contribution is 7.99. The molecule has 0 radical (unpaired) electrons. The fourth-order valence-corrected chi connectivity index (χ4v) is 5.71. The minimum Gasteiger partial charge on any atom is -0.337 e. The molecule has 0 spiro atoms. The summed E-state index contributed by atoms with van der Waals surface area (Å²) in [5.41, 5.74) is 2.14. The van der Waals surface area contributed by atoms with Gasteiger partial charge in [0.05, 0.1) is 10.8 Å². The van der Waals surface area contributed by atoms with Crippen LogP contribution in [0.3, 0.4) is 0 Å². The summed E-state index contributed by atoms with van der Waals surface area (Å²) in [5.74, 6) is 2.38. The maximum Gasteiger partial charge on any atom is 0.263 e. The SMILES string of the molecule is O=C(Nc1ccc(CCN2CCSCC2)cc1)C1CCCN(C(=O)c2cccs2)C1. The third-order valence-electron chi connectivity index (χ3n) is 5.85. The molecule has 1 unspecified atom stereocenters. The lowest BCUT2D eigenvalue weighted by atomic mass is 9.96. The summed E-state index contributed by atoms with van der Waals surface area (Å²) in [6, 6.07) is 12.0. The van der Waals surface area contributed by atoms with Gasteiger partial charge in [-0.3, -0.25) is 9.59 Å². The van der Waals surface area contributed by atoms with Crippen molar-refractivity contribution in [2.75, 3.05) is 49.5 Å². The van der Waals surface area contributed by atoms with Crippen molar-refractivity contribution in [1.82, 2.24) is 9.80 Å². The minimum absolute atomic E-state index is 0.0113. The molecule has 2 aliphatic rings. The first-order chi connectivity index (χ1) is 14.7. The highest BCUT2D eigenvalue weighted by atomic mass is 32.2. The van der Waals surface area contributed by atoms with E-state index in [0.717, 1.165) is 42.9 Å². The Balaban J connectivity index is 1.27. The first-order valence-electron chi connectivity index (χ1n) is 10.7. The van der Waals surface area contributed by atoms with Gasteiger partial charge in [-0.05, 0) is 48.4 Å². The van der Waals surface area contributed by atoms with Gasteiger partial charge in [0.2, 0.25) is 5.91 Å². The molecule has 2 saturated heterocycles. The van der Waals surface area contributed by atoms with Gasteiger partial charge >= 0.3 is 0 Å². The normalized spacial score (nSPS) is 20.1. The highest BCUT2D eigenvalue weighted by Gasteiger charge is 2.29. The van der Waals surface area contributed by atoms with Gasteiger partial charge in [0.25, 0.3) is 5.91 Å². The first-order valence-corrected chi connectivity index (χ1v) is 12.7. The van der Waals surface area contributed by atoms with Crippen molar-refractivity contribution in [3.8, 4) is 0 Å². The zero-order chi connectivity index (χ0) is 20.8. The number of hydrogen-bond acceptors (Lipinski definition) is 5. The summed E-state index contributed by atoms with van der Waals surface area (Å²) in [7, 11) is 0. The number of nitrogens with zero attached hydrogens (tertiary/aromatic N) is 2. The molecule has 1 aromatic carbocycles. The van der Waals surface area contributed by atoms with Crippen molar-refractivity contribution in [2.45, 2.75) is 19.3 Å². The number of thiophene rings is 1. The lowest BCUT2D eigenvalue weighted by molar-refractivity contribution is -0.121. The number of nitrogens with one attached hydrogen (secondary N) is 1. The number of thioether (sulfide) groups is 1. The zero-order valence-corrected chi connectivity index (χ0v) is 18.9. The van der Waals surface area contributed by atoms with E-state index in [1.807, 2.05) is 46.3 Å². The molecule has 1 atom stereocenters. The molecule has 3 heterocycles. The Morgan fingerprint density at radius 1 is 1.07 bits per heavy atom. The average Bonchev–Trinajstić information content (AvgIpc) is 3.34. The average molecular weight is 444 g/mol. The molecular formula is C23H29N3O2S2. The van der Waals surface area contributed by atoms with E-state index in [1.54, 1.807) is 0 Å². The van der Waals surface area contributed by atoms with E-state index < -0.39 is 0 Å². The smallest absolute Gasteiger partial charge is 0.263 e. The minimum atomic E-state index is -0.153. The molecule has 30 heavy (non-hydrogen) atoms. The van der Waals surface area contributed by atoms with E-state index in [4.69, 9.17) is 0 Å². The molecule has 160 valence electrons. The van der Waals surface area contributed by atoms with Crippen LogP contribution in [0.5, 0.6) is 0 Å². The molecule has 1 N–H and O–H groups in total. The van der Waals surface area contributed by atoms with E-state index in [0.29, 0.717) is 6.54 Å². The van der Waals surface area contributed by atoms with Gasteiger partial charge in [-0.1, -0.05) is 18.2 Å². The van der Waals surface area contributed by atoms with Crippen molar-refractivity contribution >= 4 is 40.6 Å². The number of anilines is 1. The second kappa shape index (κ2) is 10.5. The van der Waals surface area contributed by atoms with Crippen molar-refractivity contribution in [3.05, 3.63) is 52.2 Å². The molecule has 4 rings (SSSR count). The fourth-order valence-electron chi connectivity index (χ4n) is 4.04. The number of piperidine rings is 1. The van der Waals surface area contributed by atoms with E-state index in [1.165, 1.54) is 41.5 Å². The Morgan fingerprint density at radius 3 is 2.60 bits per heavy atom.